The van der Waals surface area contributed by atoms with Crippen LogP contribution >= 0.6 is 34.8 Å². The van der Waals surface area contributed by atoms with Crippen LogP contribution in [0.3, 0.4) is 0 Å². The predicted molar refractivity (Wildman–Crippen MR) is 93.0 cm³/mol. The van der Waals surface area contributed by atoms with E-state index in [1.54, 1.807) is 25.1 Å². The van der Waals surface area contributed by atoms with E-state index >= 15 is 0 Å². The lowest BCUT2D eigenvalue weighted by atomic mass is 10.1. The molecule has 0 aliphatic carbocycles. The van der Waals surface area contributed by atoms with Gasteiger partial charge < -0.3 is 11.5 Å². The Morgan fingerprint density at radius 3 is 2.57 bits per heavy atom. The van der Waals surface area contributed by atoms with Crippen LogP contribution in [0.25, 0.3) is 0 Å². The molecule has 1 heterocycles. The smallest absolute Gasteiger partial charge is 0.337 e. The number of anilines is 2. The molecule has 0 aliphatic heterocycles. The molecule has 120 valence electrons. The highest BCUT2D eigenvalue weighted by molar-refractivity contribution is 6.45. The van der Waals surface area contributed by atoms with Gasteiger partial charge in [-0.05, 0) is 36.2 Å². The lowest BCUT2D eigenvalue weighted by Crippen LogP contribution is -2.29. The van der Waals surface area contributed by atoms with Crippen molar-refractivity contribution in [2.75, 3.05) is 11.5 Å². The number of amides is 1. The fraction of sp³-hybridized carbons (Fsp3) is 0.0714. The number of nitrogens with two attached hydrogens (primary N) is 2. The van der Waals surface area contributed by atoms with Crippen molar-refractivity contribution >= 4 is 57.8 Å². The molecule has 0 atom stereocenters. The van der Waals surface area contributed by atoms with Gasteiger partial charge in [-0.15, -0.1) is 0 Å². The Morgan fingerprint density at radius 1 is 1.22 bits per heavy atom. The fourth-order valence-corrected chi connectivity index (χ4v) is 2.36. The molecule has 0 unspecified atom stereocenters. The first-order valence-corrected chi connectivity index (χ1v) is 7.50. The molecule has 9 heteroatoms. The van der Waals surface area contributed by atoms with Crippen molar-refractivity contribution < 1.29 is 9.78 Å². The topological polar surface area (TPSA) is 108 Å². The van der Waals surface area contributed by atoms with Gasteiger partial charge in [-0.3, -0.25) is 4.79 Å². The second-order valence-electron chi connectivity index (χ2n) is 4.62. The van der Waals surface area contributed by atoms with Crippen LogP contribution in [-0.4, -0.2) is 11.6 Å². The standard InChI is InChI=1S/C14H12Cl3N5O/c1-6(7-3-2-4-8(18)5-7)21-22-14(23)12-9(15)11(19)10(16)13(17)20-12/h2-5H,18H2,1H3,(H2,19,20)(H,22,23)/p+1/b21-6+. The number of rotatable bonds is 3. The normalized spacial score (nSPS) is 11.4. The molecule has 1 amide bonds. The van der Waals surface area contributed by atoms with Gasteiger partial charge in [0.2, 0.25) is 0 Å². The highest BCUT2D eigenvalue weighted by atomic mass is 35.5. The third kappa shape index (κ3) is 3.85. The van der Waals surface area contributed by atoms with E-state index in [1.807, 2.05) is 6.07 Å². The van der Waals surface area contributed by atoms with Crippen LogP contribution in [0.15, 0.2) is 29.4 Å². The van der Waals surface area contributed by atoms with Crippen molar-refractivity contribution in [2.24, 2.45) is 5.10 Å². The second-order valence-corrected chi connectivity index (χ2v) is 5.75. The Morgan fingerprint density at radius 2 is 1.91 bits per heavy atom. The van der Waals surface area contributed by atoms with Crippen LogP contribution in [0.5, 0.6) is 0 Å². The number of H-pyrrole nitrogens is 1. The average molecular weight is 374 g/mol. The largest absolute Gasteiger partial charge is 0.399 e. The van der Waals surface area contributed by atoms with Gasteiger partial charge >= 0.3 is 5.91 Å². The summed E-state index contributed by atoms with van der Waals surface area (Å²) >= 11 is 17.7. The molecular formula is C14H13Cl3N5O+. The first-order valence-electron chi connectivity index (χ1n) is 6.37. The lowest BCUT2D eigenvalue weighted by Gasteiger charge is -2.04. The van der Waals surface area contributed by atoms with Crippen molar-refractivity contribution in [3.8, 4) is 0 Å². The molecule has 0 spiro atoms. The zero-order valence-electron chi connectivity index (χ0n) is 12.0. The van der Waals surface area contributed by atoms with Crippen LogP contribution in [0.1, 0.15) is 23.0 Å². The summed E-state index contributed by atoms with van der Waals surface area (Å²) in [6.07, 6.45) is 0. The van der Waals surface area contributed by atoms with Gasteiger partial charge in [0.1, 0.15) is 10.0 Å². The number of nitrogens with zero attached hydrogens (tertiary/aromatic N) is 1. The number of nitrogen functional groups attached to an aromatic ring is 2. The number of nitrogens with one attached hydrogen (secondary N) is 2. The maximum atomic E-state index is 12.2. The molecule has 2 aromatic rings. The monoisotopic (exact) mass is 372 g/mol. The van der Waals surface area contributed by atoms with Crippen molar-refractivity contribution in [1.82, 2.24) is 5.43 Å². The number of aromatic nitrogens is 1. The van der Waals surface area contributed by atoms with Crippen LogP contribution in [0, 0.1) is 0 Å². The first-order chi connectivity index (χ1) is 10.8. The highest BCUT2D eigenvalue weighted by Gasteiger charge is 2.25. The van der Waals surface area contributed by atoms with Crippen molar-refractivity contribution in [3.63, 3.8) is 0 Å². The van der Waals surface area contributed by atoms with Crippen molar-refractivity contribution in [1.29, 1.82) is 0 Å². The van der Waals surface area contributed by atoms with Gasteiger partial charge in [0.25, 0.3) is 10.8 Å². The quantitative estimate of drug-likeness (QED) is 0.333. The lowest BCUT2D eigenvalue weighted by molar-refractivity contribution is -0.379. The van der Waals surface area contributed by atoms with E-state index < -0.39 is 5.91 Å². The first kappa shape index (κ1) is 17.3. The Hall–Kier alpha value is -2.02. The summed E-state index contributed by atoms with van der Waals surface area (Å²) in [6, 6.07) is 7.09. The Balaban J connectivity index is 2.25. The van der Waals surface area contributed by atoms with Crippen LogP contribution in [0.4, 0.5) is 11.4 Å². The number of hydrogen-bond acceptors (Lipinski definition) is 4. The molecule has 6 nitrogen and oxygen atoms in total. The van der Waals surface area contributed by atoms with E-state index in [-0.39, 0.29) is 26.6 Å². The molecule has 0 saturated carbocycles. The van der Waals surface area contributed by atoms with Gasteiger partial charge in [-0.25, -0.2) is 5.43 Å². The molecule has 1 aromatic heterocycles. The highest BCUT2D eigenvalue weighted by Crippen LogP contribution is 2.31. The fourth-order valence-electron chi connectivity index (χ4n) is 1.74. The van der Waals surface area contributed by atoms with Crippen LogP contribution < -0.4 is 21.9 Å². The molecule has 0 radical (unpaired) electrons. The van der Waals surface area contributed by atoms with Gasteiger partial charge in [0, 0.05) is 5.69 Å². The maximum absolute atomic E-state index is 12.2. The Bertz CT molecular complexity index is 807. The number of hydrogen-bond donors (Lipinski definition) is 3. The third-order valence-electron chi connectivity index (χ3n) is 2.98. The predicted octanol–water partition coefficient (Wildman–Crippen LogP) is 2.78. The summed E-state index contributed by atoms with van der Waals surface area (Å²) < 4.78 is 0. The van der Waals surface area contributed by atoms with Gasteiger partial charge in [-0.1, -0.05) is 35.3 Å². The molecule has 6 N–H and O–H groups in total. The van der Waals surface area contributed by atoms with E-state index in [9.17, 15) is 4.79 Å². The molecule has 23 heavy (non-hydrogen) atoms. The number of carbonyl (C=O) groups is 1. The summed E-state index contributed by atoms with van der Waals surface area (Å²) in [6.45, 7) is 1.73. The minimum atomic E-state index is -0.608. The number of halogens is 3. The summed E-state index contributed by atoms with van der Waals surface area (Å²) in [4.78, 5) is 14.7. The summed E-state index contributed by atoms with van der Waals surface area (Å²) in [5, 5.41) is 4.03. The SMILES string of the molecule is C/C(=N\NC(=O)c1[nH+]c(Cl)c(Cl)c(N)c1Cl)c1cccc(N)c1. The van der Waals surface area contributed by atoms with E-state index in [0.29, 0.717) is 11.4 Å². The molecule has 0 saturated heterocycles. The van der Waals surface area contributed by atoms with Gasteiger partial charge in [-0.2, -0.15) is 10.1 Å². The van der Waals surface area contributed by atoms with E-state index in [1.165, 1.54) is 0 Å². The molecular weight excluding hydrogens is 361 g/mol. The zero-order valence-corrected chi connectivity index (χ0v) is 14.2. The van der Waals surface area contributed by atoms with Gasteiger partial charge in [0.05, 0.1) is 11.4 Å². The molecule has 1 aromatic carbocycles. The summed E-state index contributed by atoms with van der Waals surface area (Å²) in [7, 11) is 0. The van der Waals surface area contributed by atoms with Crippen LogP contribution in [0.2, 0.25) is 15.2 Å². The van der Waals surface area contributed by atoms with Crippen molar-refractivity contribution in [3.05, 3.63) is 50.7 Å². The minimum Gasteiger partial charge on any atom is -0.399 e. The van der Waals surface area contributed by atoms with Crippen molar-refractivity contribution in [2.45, 2.75) is 6.92 Å². The summed E-state index contributed by atoms with van der Waals surface area (Å²) in [5.74, 6) is -0.608. The van der Waals surface area contributed by atoms with E-state index in [0.717, 1.165) is 5.56 Å². The van der Waals surface area contributed by atoms with E-state index in [2.05, 4.69) is 15.5 Å². The maximum Gasteiger partial charge on any atom is 0.337 e. The Kier molecular flexibility index (Phi) is 5.30. The van der Waals surface area contributed by atoms with Gasteiger partial charge in [0.15, 0.2) is 0 Å². The number of carbonyl (C=O) groups excluding carboxylic acids is 1. The average Bonchev–Trinajstić information content (AvgIpc) is 2.53. The number of benzene rings is 1. The zero-order chi connectivity index (χ0) is 17.1. The minimum absolute atomic E-state index is 0.00949. The number of pyridine rings is 1. The van der Waals surface area contributed by atoms with Crippen LogP contribution in [-0.2, 0) is 0 Å². The third-order valence-corrected chi connectivity index (χ3v) is 4.14. The Labute approximate surface area is 147 Å². The summed E-state index contributed by atoms with van der Waals surface area (Å²) in [5.41, 5.74) is 15.7. The molecule has 0 fully saturated rings. The number of aromatic amines is 1. The number of hydrazone groups is 1. The molecule has 0 bridgehead atoms. The molecule has 0 aliphatic rings. The van der Waals surface area contributed by atoms with E-state index in [4.69, 9.17) is 46.3 Å². The second kappa shape index (κ2) is 7.04. The molecule has 2 rings (SSSR count).